The third-order valence-corrected chi connectivity index (χ3v) is 3.90. The predicted molar refractivity (Wildman–Crippen MR) is 81.4 cm³/mol. The Morgan fingerprint density at radius 2 is 1.47 bits per heavy atom. The van der Waals surface area contributed by atoms with E-state index in [9.17, 15) is 0 Å². The van der Waals surface area contributed by atoms with Crippen LogP contribution in [0, 0.1) is 0 Å². The van der Waals surface area contributed by atoms with Gasteiger partial charge in [-0.3, -0.25) is 0 Å². The lowest BCUT2D eigenvalue weighted by atomic mass is 10.0. The number of hydrogen-bond donors (Lipinski definition) is 0. The first kappa shape index (κ1) is 14.2. The third kappa shape index (κ3) is 3.23. The summed E-state index contributed by atoms with van der Waals surface area (Å²) in [5.74, 6) is 1.38. The van der Waals surface area contributed by atoms with Gasteiger partial charge in [0.25, 0.3) is 0 Å². The van der Waals surface area contributed by atoms with Crippen molar-refractivity contribution in [3.63, 3.8) is 0 Å². The highest BCUT2D eigenvalue weighted by Crippen LogP contribution is 2.35. The number of ether oxygens (including phenoxy) is 2. The van der Waals surface area contributed by atoms with E-state index >= 15 is 0 Å². The van der Waals surface area contributed by atoms with Crippen molar-refractivity contribution in [2.75, 3.05) is 14.2 Å². The van der Waals surface area contributed by atoms with Crippen LogP contribution in [0.3, 0.4) is 0 Å². The molecule has 0 aliphatic heterocycles. The van der Waals surface area contributed by atoms with Gasteiger partial charge in [0.1, 0.15) is 0 Å². The lowest BCUT2D eigenvalue weighted by molar-refractivity contribution is 0.354. The maximum Gasteiger partial charge on any atom is 0.161 e. The second-order valence-electron chi connectivity index (χ2n) is 4.03. The van der Waals surface area contributed by atoms with Crippen molar-refractivity contribution < 1.29 is 9.47 Å². The Labute approximate surface area is 126 Å². The third-order valence-electron chi connectivity index (χ3n) is 2.86. The molecule has 0 spiro atoms. The van der Waals surface area contributed by atoms with Crippen molar-refractivity contribution in [3.05, 3.63) is 58.1 Å². The van der Waals surface area contributed by atoms with Crippen molar-refractivity contribution >= 4 is 27.5 Å². The fraction of sp³-hybridized carbons (Fsp3) is 0.200. The quantitative estimate of drug-likeness (QED) is 0.744. The van der Waals surface area contributed by atoms with Crippen molar-refractivity contribution in [2.24, 2.45) is 0 Å². The molecule has 0 saturated carbocycles. The largest absolute Gasteiger partial charge is 0.493 e. The monoisotopic (exact) mass is 340 g/mol. The van der Waals surface area contributed by atoms with Crippen molar-refractivity contribution in [2.45, 2.75) is 5.38 Å². The van der Waals surface area contributed by atoms with Crippen LogP contribution in [-0.2, 0) is 0 Å². The Bertz CT molecular complexity index is 555. The first-order valence-electron chi connectivity index (χ1n) is 5.77. The molecular formula is C15H14BrClO2. The maximum absolute atomic E-state index is 6.50. The molecule has 1 unspecified atom stereocenters. The summed E-state index contributed by atoms with van der Waals surface area (Å²) >= 11 is 9.91. The SMILES string of the molecule is COc1ccc(C(Cl)c2ccc(Br)cc2)cc1OC. The number of methoxy groups -OCH3 is 2. The molecule has 0 aromatic heterocycles. The van der Waals surface area contributed by atoms with Crippen molar-refractivity contribution in [1.82, 2.24) is 0 Å². The molecule has 0 bridgehead atoms. The van der Waals surface area contributed by atoms with E-state index in [2.05, 4.69) is 15.9 Å². The first-order valence-corrected chi connectivity index (χ1v) is 7.00. The average Bonchev–Trinajstić information content (AvgIpc) is 2.46. The Hall–Kier alpha value is -1.19. The zero-order chi connectivity index (χ0) is 13.8. The Morgan fingerprint density at radius 1 is 0.895 bits per heavy atom. The predicted octanol–water partition coefficient (Wildman–Crippen LogP) is 4.79. The van der Waals surface area contributed by atoms with Crippen LogP contribution < -0.4 is 9.47 Å². The Morgan fingerprint density at radius 3 is 2.05 bits per heavy atom. The molecule has 2 rings (SSSR count). The van der Waals surface area contributed by atoms with Crippen LogP contribution in [0.5, 0.6) is 11.5 Å². The molecule has 2 aromatic rings. The van der Waals surface area contributed by atoms with Crippen LogP contribution in [0.2, 0.25) is 0 Å². The molecule has 0 aliphatic rings. The summed E-state index contributed by atoms with van der Waals surface area (Å²) in [4.78, 5) is 0. The van der Waals surface area contributed by atoms with Crippen molar-refractivity contribution in [3.8, 4) is 11.5 Å². The van der Waals surface area contributed by atoms with Gasteiger partial charge in [0.05, 0.1) is 19.6 Å². The van der Waals surface area contributed by atoms with Crippen LogP contribution in [0.15, 0.2) is 46.9 Å². The van der Waals surface area contributed by atoms with E-state index in [1.54, 1.807) is 14.2 Å². The molecule has 0 N–H and O–H groups in total. The van der Waals surface area contributed by atoms with E-state index in [-0.39, 0.29) is 5.38 Å². The average molecular weight is 342 g/mol. The summed E-state index contributed by atoms with van der Waals surface area (Å²) in [6, 6.07) is 13.7. The number of benzene rings is 2. The van der Waals surface area contributed by atoms with Gasteiger partial charge in [-0.25, -0.2) is 0 Å². The molecular weight excluding hydrogens is 328 g/mol. The van der Waals surface area contributed by atoms with Crippen LogP contribution in [0.25, 0.3) is 0 Å². The summed E-state index contributed by atoms with van der Waals surface area (Å²) in [5.41, 5.74) is 2.01. The Kier molecular flexibility index (Phi) is 4.72. The molecule has 1 atom stereocenters. The van der Waals surface area contributed by atoms with Gasteiger partial charge in [-0.05, 0) is 35.4 Å². The van der Waals surface area contributed by atoms with Crippen molar-refractivity contribution in [1.29, 1.82) is 0 Å². The van der Waals surface area contributed by atoms with E-state index in [1.807, 2.05) is 42.5 Å². The topological polar surface area (TPSA) is 18.5 Å². The summed E-state index contributed by atoms with van der Waals surface area (Å²) < 4.78 is 11.5. The van der Waals surface area contributed by atoms with E-state index in [0.29, 0.717) is 11.5 Å². The van der Waals surface area contributed by atoms with Crippen LogP contribution >= 0.6 is 27.5 Å². The van der Waals surface area contributed by atoms with Gasteiger partial charge in [-0.1, -0.05) is 34.1 Å². The standard InChI is InChI=1S/C15H14BrClO2/c1-18-13-8-5-11(9-14(13)19-2)15(17)10-3-6-12(16)7-4-10/h3-9,15H,1-2H3. The van der Waals surface area contributed by atoms with E-state index < -0.39 is 0 Å². The van der Waals surface area contributed by atoms with Crippen LogP contribution in [-0.4, -0.2) is 14.2 Å². The highest BCUT2D eigenvalue weighted by atomic mass is 79.9. The molecule has 0 amide bonds. The molecule has 2 aromatic carbocycles. The lowest BCUT2D eigenvalue weighted by Gasteiger charge is -2.14. The van der Waals surface area contributed by atoms with E-state index in [1.165, 1.54) is 0 Å². The van der Waals surface area contributed by atoms with Gasteiger partial charge in [0, 0.05) is 4.47 Å². The minimum atomic E-state index is -0.215. The zero-order valence-corrected chi connectivity index (χ0v) is 13.0. The zero-order valence-electron chi connectivity index (χ0n) is 10.7. The van der Waals surface area contributed by atoms with Gasteiger partial charge in [-0.15, -0.1) is 11.6 Å². The highest BCUT2D eigenvalue weighted by Gasteiger charge is 2.13. The fourth-order valence-corrected chi connectivity index (χ4v) is 2.38. The smallest absolute Gasteiger partial charge is 0.161 e. The molecule has 0 saturated heterocycles. The molecule has 0 fully saturated rings. The Balaban J connectivity index is 2.33. The summed E-state index contributed by atoms with van der Waals surface area (Å²) in [7, 11) is 3.23. The normalized spacial score (nSPS) is 12.0. The number of alkyl halides is 1. The van der Waals surface area contributed by atoms with Gasteiger partial charge >= 0.3 is 0 Å². The molecule has 4 heteroatoms. The minimum Gasteiger partial charge on any atom is -0.493 e. The highest BCUT2D eigenvalue weighted by molar-refractivity contribution is 9.10. The molecule has 0 radical (unpaired) electrons. The second kappa shape index (κ2) is 6.31. The molecule has 19 heavy (non-hydrogen) atoms. The summed E-state index contributed by atoms with van der Waals surface area (Å²) in [6.07, 6.45) is 0. The summed E-state index contributed by atoms with van der Waals surface area (Å²) in [5, 5.41) is -0.215. The second-order valence-corrected chi connectivity index (χ2v) is 5.38. The maximum atomic E-state index is 6.50. The molecule has 0 heterocycles. The molecule has 100 valence electrons. The van der Waals surface area contributed by atoms with E-state index in [0.717, 1.165) is 15.6 Å². The lowest BCUT2D eigenvalue weighted by Crippen LogP contribution is -1.96. The van der Waals surface area contributed by atoms with Gasteiger partial charge in [-0.2, -0.15) is 0 Å². The number of rotatable bonds is 4. The number of halogens is 2. The van der Waals surface area contributed by atoms with Gasteiger partial charge in [0.2, 0.25) is 0 Å². The summed E-state index contributed by atoms with van der Waals surface area (Å²) in [6.45, 7) is 0. The van der Waals surface area contributed by atoms with Gasteiger partial charge < -0.3 is 9.47 Å². The van der Waals surface area contributed by atoms with Crippen LogP contribution in [0.4, 0.5) is 0 Å². The first-order chi connectivity index (χ1) is 9.15. The molecule has 2 nitrogen and oxygen atoms in total. The van der Waals surface area contributed by atoms with Crippen LogP contribution in [0.1, 0.15) is 16.5 Å². The van der Waals surface area contributed by atoms with E-state index in [4.69, 9.17) is 21.1 Å². The molecule has 0 aliphatic carbocycles. The van der Waals surface area contributed by atoms with Gasteiger partial charge in [0.15, 0.2) is 11.5 Å². The fourth-order valence-electron chi connectivity index (χ4n) is 1.83. The minimum absolute atomic E-state index is 0.215. The number of hydrogen-bond acceptors (Lipinski definition) is 2.